The summed E-state index contributed by atoms with van der Waals surface area (Å²) in [7, 11) is 1.38. The van der Waals surface area contributed by atoms with E-state index in [9.17, 15) is 4.79 Å². The zero-order valence-corrected chi connectivity index (χ0v) is 8.57. The first kappa shape index (κ1) is 10.7. The molecule has 0 radical (unpaired) electrons. The van der Waals surface area contributed by atoms with Gasteiger partial charge in [-0.25, -0.2) is 0 Å². The molecule has 1 aromatic rings. The summed E-state index contributed by atoms with van der Waals surface area (Å²) in [5, 5.41) is 9.76. The number of methoxy groups -OCH3 is 1. The molecule has 0 aromatic carbocycles. The summed E-state index contributed by atoms with van der Waals surface area (Å²) < 4.78 is 4.60. The quantitative estimate of drug-likeness (QED) is 0.694. The highest BCUT2D eigenvalue weighted by Gasteiger charge is 2.16. The van der Waals surface area contributed by atoms with Crippen molar-refractivity contribution < 1.29 is 9.53 Å². The van der Waals surface area contributed by atoms with Crippen molar-refractivity contribution in [1.29, 1.82) is 0 Å². The SMILES string of the molecule is COC(=O)C(C)NC(C)c1ccn[nH]1. The van der Waals surface area contributed by atoms with Crippen LogP contribution in [0.5, 0.6) is 0 Å². The van der Waals surface area contributed by atoms with Crippen LogP contribution in [0.2, 0.25) is 0 Å². The Bertz CT molecular complexity index is 284. The van der Waals surface area contributed by atoms with E-state index in [0.29, 0.717) is 0 Å². The maximum absolute atomic E-state index is 11.1. The Morgan fingerprint density at radius 3 is 2.86 bits per heavy atom. The van der Waals surface area contributed by atoms with Crippen LogP contribution >= 0.6 is 0 Å². The number of carbonyl (C=O) groups is 1. The first-order chi connectivity index (χ1) is 6.65. The highest BCUT2D eigenvalue weighted by Crippen LogP contribution is 2.08. The van der Waals surface area contributed by atoms with Gasteiger partial charge in [0.2, 0.25) is 0 Å². The first-order valence-electron chi connectivity index (χ1n) is 4.48. The zero-order chi connectivity index (χ0) is 10.6. The molecule has 1 heterocycles. The van der Waals surface area contributed by atoms with Gasteiger partial charge in [-0.2, -0.15) is 5.10 Å². The largest absolute Gasteiger partial charge is 0.468 e. The van der Waals surface area contributed by atoms with E-state index < -0.39 is 0 Å². The molecule has 0 aliphatic heterocycles. The van der Waals surface area contributed by atoms with Gasteiger partial charge in [-0.3, -0.25) is 15.2 Å². The molecular weight excluding hydrogens is 182 g/mol. The second-order valence-corrected chi connectivity index (χ2v) is 3.15. The number of hydrogen-bond donors (Lipinski definition) is 2. The fourth-order valence-corrected chi connectivity index (χ4v) is 1.22. The van der Waals surface area contributed by atoms with Crippen molar-refractivity contribution in [3.63, 3.8) is 0 Å². The van der Waals surface area contributed by atoms with Crippen LogP contribution < -0.4 is 5.32 Å². The molecule has 0 saturated heterocycles. The van der Waals surface area contributed by atoms with Crippen LogP contribution in [0.1, 0.15) is 25.6 Å². The lowest BCUT2D eigenvalue weighted by atomic mass is 10.2. The maximum atomic E-state index is 11.1. The second kappa shape index (κ2) is 4.76. The van der Waals surface area contributed by atoms with E-state index in [-0.39, 0.29) is 18.1 Å². The van der Waals surface area contributed by atoms with Crippen molar-refractivity contribution in [3.05, 3.63) is 18.0 Å². The number of aromatic nitrogens is 2. The van der Waals surface area contributed by atoms with E-state index in [1.807, 2.05) is 13.0 Å². The molecule has 0 aliphatic rings. The molecule has 0 aliphatic carbocycles. The number of rotatable bonds is 4. The molecule has 0 amide bonds. The van der Waals surface area contributed by atoms with Gasteiger partial charge < -0.3 is 4.74 Å². The molecular formula is C9H15N3O2. The number of hydrogen-bond acceptors (Lipinski definition) is 4. The van der Waals surface area contributed by atoms with Crippen LogP contribution in [0, 0.1) is 0 Å². The monoisotopic (exact) mass is 197 g/mol. The summed E-state index contributed by atoms with van der Waals surface area (Å²) in [4.78, 5) is 11.1. The third-order valence-corrected chi connectivity index (χ3v) is 2.04. The van der Waals surface area contributed by atoms with Crippen LogP contribution in [0.4, 0.5) is 0 Å². The number of aromatic amines is 1. The lowest BCUT2D eigenvalue weighted by Gasteiger charge is -2.16. The van der Waals surface area contributed by atoms with Crippen molar-refractivity contribution in [1.82, 2.24) is 15.5 Å². The Labute approximate surface area is 82.8 Å². The molecule has 5 heteroatoms. The van der Waals surface area contributed by atoms with E-state index in [1.165, 1.54) is 7.11 Å². The van der Waals surface area contributed by atoms with Crippen molar-refractivity contribution in [3.8, 4) is 0 Å². The molecule has 5 nitrogen and oxygen atoms in total. The van der Waals surface area contributed by atoms with Gasteiger partial charge in [-0.1, -0.05) is 0 Å². The second-order valence-electron chi connectivity index (χ2n) is 3.15. The summed E-state index contributed by atoms with van der Waals surface area (Å²) in [6.45, 7) is 3.71. The summed E-state index contributed by atoms with van der Waals surface area (Å²) in [6.07, 6.45) is 1.68. The fourth-order valence-electron chi connectivity index (χ4n) is 1.22. The van der Waals surface area contributed by atoms with Gasteiger partial charge in [-0.05, 0) is 19.9 Å². The van der Waals surface area contributed by atoms with Gasteiger partial charge in [0.1, 0.15) is 6.04 Å². The van der Waals surface area contributed by atoms with Crippen molar-refractivity contribution in [2.45, 2.75) is 25.9 Å². The zero-order valence-electron chi connectivity index (χ0n) is 8.57. The summed E-state index contributed by atoms with van der Waals surface area (Å²) in [6, 6.07) is 1.59. The third kappa shape index (κ3) is 2.56. The predicted molar refractivity (Wildman–Crippen MR) is 51.6 cm³/mol. The number of nitrogens with zero attached hydrogens (tertiary/aromatic N) is 1. The molecule has 2 atom stereocenters. The number of carbonyl (C=O) groups excluding carboxylic acids is 1. The van der Waals surface area contributed by atoms with Crippen molar-refractivity contribution >= 4 is 5.97 Å². The Balaban J connectivity index is 2.49. The van der Waals surface area contributed by atoms with E-state index >= 15 is 0 Å². The minimum absolute atomic E-state index is 0.0478. The minimum Gasteiger partial charge on any atom is -0.468 e. The van der Waals surface area contributed by atoms with Crippen LogP contribution in [-0.2, 0) is 9.53 Å². The summed E-state index contributed by atoms with van der Waals surface area (Å²) in [5.41, 5.74) is 0.945. The lowest BCUT2D eigenvalue weighted by molar-refractivity contribution is -0.142. The number of ether oxygens (including phenoxy) is 1. The summed E-state index contributed by atoms with van der Waals surface area (Å²) in [5.74, 6) is -0.267. The van der Waals surface area contributed by atoms with Crippen molar-refractivity contribution in [2.24, 2.45) is 0 Å². The minimum atomic E-state index is -0.321. The average Bonchev–Trinajstić information content (AvgIpc) is 2.69. The molecule has 0 fully saturated rings. The molecule has 14 heavy (non-hydrogen) atoms. The number of esters is 1. The van der Waals surface area contributed by atoms with Gasteiger partial charge in [0.15, 0.2) is 0 Å². The molecule has 1 aromatic heterocycles. The number of H-pyrrole nitrogens is 1. The van der Waals surface area contributed by atoms with E-state index in [0.717, 1.165) is 5.69 Å². The Kier molecular flexibility index (Phi) is 3.64. The van der Waals surface area contributed by atoms with Crippen LogP contribution in [0.25, 0.3) is 0 Å². The maximum Gasteiger partial charge on any atom is 0.322 e. The van der Waals surface area contributed by atoms with Crippen LogP contribution in [-0.4, -0.2) is 29.3 Å². The molecule has 0 spiro atoms. The molecule has 0 saturated carbocycles. The lowest BCUT2D eigenvalue weighted by Crippen LogP contribution is -2.36. The molecule has 2 N–H and O–H groups in total. The Morgan fingerprint density at radius 2 is 2.36 bits per heavy atom. The van der Waals surface area contributed by atoms with Crippen LogP contribution in [0.15, 0.2) is 12.3 Å². The van der Waals surface area contributed by atoms with E-state index in [1.54, 1.807) is 13.1 Å². The van der Waals surface area contributed by atoms with E-state index in [2.05, 4.69) is 20.3 Å². The van der Waals surface area contributed by atoms with Crippen LogP contribution in [0.3, 0.4) is 0 Å². The van der Waals surface area contributed by atoms with Gasteiger partial charge >= 0.3 is 5.97 Å². The Hall–Kier alpha value is -1.36. The normalized spacial score (nSPS) is 14.8. The Morgan fingerprint density at radius 1 is 1.64 bits per heavy atom. The number of nitrogens with one attached hydrogen (secondary N) is 2. The first-order valence-corrected chi connectivity index (χ1v) is 4.48. The fraction of sp³-hybridized carbons (Fsp3) is 0.556. The van der Waals surface area contributed by atoms with Gasteiger partial charge in [0.25, 0.3) is 0 Å². The molecule has 0 bridgehead atoms. The van der Waals surface area contributed by atoms with Gasteiger partial charge in [0, 0.05) is 12.2 Å². The molecule has 2 unspecified atom stereocenters. The standard InChI is InChI=1S/C9H15N3O2/c1-6(8-4-5-10-12-8)11-7(2)9(13)14-3/h4-7,11H,1-3H3,(H,10,12). The van der Waals surface area contributed by atoms with Gasteiger partial charge in [0.05, 0.1) is 12.8 Å². The predicted octanol–water partition coefficient (Wildman–Crippen LogP) is 0.622. The average molecular weight is 197 g/mol. The van der Waals surface area contributed by atoms with E-state index in [4.69, 9.17) is 0 Å². The topological polar surface area (TPSA) is 67.0 Å². The third-order valence-electron chi connectivity index (χ3n) is 2.04. The smallest absolute Gasteiger partial charge is 0.322 e. The van der Waals surface area contributed by atoms with Crippen molar-refractivity contribution in [2.75, 3.05) is 7.11 Å². The highest BCUT2D eigenvalue weighted by atomic mass is 16.5. The van der Waals surface area contributed by atoms with Gasteiger partial charge in [-0.15, -0.1) is 0 Å². The summed E-state index contributed by atoms with van der Waals surface area (Å²) >= 11 is 0. The molecule has 1 rings (SSSR count). The molecule has 78 valence electrons. The highest BCUT2D eigenvalue weighted by molar-refractivity contribution is 5.75.